The summed E-state index contributed by atoms with van der Waals surface area (Å²) in [6.45, 7) is 0.975. The number of rotatable bonds is 3. The van der Waals surface area contributed by atoms with Gasteiger partial charge in [-0.05, 0) is 41.1 Å². The van der Waals surface area contributed by atoms with Gasteiger partial charge in [-0.2, -0.15) is 0 Å². The Hall–Kier alpha value is -2.12. The number of phenolic OH excluding ortho intramolecular Hbond substituents is 1. The van der Waals surface area contributed by atoms with Gasteiger partial charge < -0.3 is 10.0 Å². The van der Waals surface area contributed by atoms with Crippen molar-refractivity contribution in [2.24, 2.45) is 0 Å². The standard InChI is InChI=1S/C17H17NO4S2/c1-24(21,22)15-8-11-23-16(15)17(20)18-9-6-13(7-10-18)12-2-4-14(19)5-3-12/h2-6,8,11,19H,7,9-10H2,1H3. The van der Waals surface area contributed by atoms with E-state index in [4.69, 9.17) is 0 Å². The van der Waals surface area contributed by atoms with Crippen LogP contribution in [0.4, 0.5) is 0 Å². The lowest BCUT2D eigenvalue weighted by Crippen LogP contribution is -2.34. The molecule has 5 nitrogen and oxygen atoms in total. The number of thiophene rings is 1. The second-order valence-electron chi connectivity index (χ2n) is 5.66. The minimum absolute atomic E-state index is 0.103. The smallest absolute Gasteiger partial charge is 0.265 e. The van der Waals surface area contributed by atoms with E-state index >= 15 is 0 Å². The van der Waals surface area contributed by atoms with Crippen LogP contribution < -0.4 is 0 Å². The van der Waals surface area contributed by atoms with Crippen LogP contribution in [0.25, 0.3) is 5.57 Å². The first kappa shape index (κ1) is 16.7. The van der Waals surface area contributed by atoms with E-state index in [0.717, 1.165) is 28.7 Å². The van der Waals surface area contributed by atoms with Gasteiger partial charge in [0.2, 0.25) is 0 Å². The fourth-order valence-electron chi connectivity index (χ4n) is 2.68. The van der Waals surface area contributed by atoms with Crippen molar-refractivity contribution in [3.63, 3.8) is 0 Å². The Morgan fingerprint density at radius 1 is 1.21 bits per heavy atom. The third-order valence-electron chi connectivity index (χ3n) is 3.96. The number of amides is 1. The summed E-state index contributed by atoms with van der Waals surface area (Å²) in [6, 6.07) is 8.45. The van der Waals surface area contributed by atoms with Crippen molar-refractivity contribution in [3.8, 4) is 5.75 Å². The molecule has 2 heterocycles. The number of phenols is 1. The summed E-state index contributed by atoms with van der Waals surface area (Å²) in [5, 5.41) is 11.0. The van der Waals surface area contributed by atoms with E-state index < -0.39 is 9.84 Å². The van der Waals surface area contributed by atoms with E-state index in [-0.39, 0.29) is 21.4 Å². The molecule has 1 aromatic heterocycles. The van der Waals surface area contributed by atoms with Gasteiger partial charge in [-0.15, -0.1) is 11.3 Å². The van der Waals surface area contributed by atoms with Gasteiger partial charge in [-0.1, -0.05) is 18.2 Å². The molecule has 0 radical (unpaired) electrons. The lowest BCUT2D eigenvalue weighted by atomic mass is 9.99. The fourth-order valence-corrected chi connectivity index (χ4v) is 4.86. The molecule has 1 amide bonds. The Labute approximate surface area is 144 Å². The SMILES string of the molecule is CS(=O)(=O)c1ccsc1C(=O)N1CC=C(c2ccc(O)cc2)CC1. The predicted molar refractivity (Wildman–Crippen MR) is 94.0 cm³/mol. The van der Waals surface area contributed by atoms with Crippen molar-refractivity contribution >= 4 is 32.7 Å². The summed E-state index contributed by atoms with van der Waals surface area (Å²) in [6.07, 6.45) is 3.78. The summed E-state index contributed by atoms with van der Waals surface area (Å²) in [5.74, 6) is -0.0237. The largest absolute Gasteiger partial charge is 0.508 e. The van der Waals surface area contributed by atoms with E-state index in [9.17, 15) is 18.3 Å². The van der Waals surface area contributed by atoms with Gasteiger partial charge >= 0.3 is 0 Å². The third kappa shape index (κ3) is 3.37. The Kier molecular flexibility index (Phi) is 4.47. The molecule has 0 aliphatic carbocycles. The van der Waals surface area contributed by atoms with Crippen LogP contribution in [0.3, 0.4) is 0 Å². The summed E-state index contributed by atoms with van der Waals surface area (Å²) in [5.41, 5.74) is 2.14. The van der Waals surface area contributed by atoms with Crippen LogP contribution in [0, 0.1) is 0 Å². The fraction of sp³-hybridized carbons (Fsp3) is 0.235. The van der Waals surface area contributed by atoms with Crippen molar-refractivity contribution in [2.75, 3.05) is 19.3 Å². The van der Waals surface area contributed by atoms with Gasteiger partial charge in [0.25, 0.3) is 5.91 Å². The van der Waals surface area contributed by atoms with Crippen LogP contribution in [0.2, 0.25) is 0 Å². The number of aromatic hydroxyl groups is 1. The van der Waals surface area contributed by atoms with Crippen LogP contribution >= 0.6 is 11.3 Å². The Bertz CT molecular complexity index is 895. The number of benzene rings is 1. The zero-order chi connectivity index (χ0) is 17.3. The molecular weight excluding hydrogens is 346 g/mol. The quantitative estimate of drug-likeness (QED) is 0.910. The summed E-state index contributed by atoms with van der Waals surface area (Å²) in [7, 11) is -3.41. The minimum Gasteiger partial charge on any atom is -0.508 e. The molecular formula is C17H17NO4S2. The van der Waals surface area contributed by atoms with Crippen LogP contribution in [0.1, 0.15) is 21.7 Å². The molecule has 0 bridgehead atoms. The van der Waals surface area contributed by atoms with Crippen molar-refractivity contribution in [1.29, 1.82) is 0 Å². The maximum absolute atomic E-state index is 12.6. The highest BCUT2D eigenvalue weighted by Gasteiger charge is 2.26. The maximum atomic E-state index is 12.6. The highest BCUT2D eigenvalue weighted by atomic mass is 32.2. The first-order valence-electron chi connectivity index (χ1n) is 7.41. The molecule has 0 fully saturated rings. The van der Waals surface area contributed by atoms with E-state index in [0.29, 0.717) is 19.5 Å². The lowest BCUT2D eigenvalue weighted by molar-refractivity contribution is 0.0774. The van der Waals surface area contributed by atoms with Crippen molar-refractivity contribution in [3.05, 3.63) is 52.2 Å². The van der Waals surface area contributed by atoms with Crippen molar-refractivity contribution in [1.82, 2.24) is 4.90 Å². The predicted octanol–water partition coefficient (Wildman–Crippen LogP) is 2.79. The number of sulfone groups is 1. The molecule has 1 aromatic carbocycles. The molecule has 126 valence electrons. The first-order valence-corrected chi connectivity index (χ1v) is 10.2. The molecule has 0 spiro atoms. The summed E-state index contributed by atoms with van der Waals surface area (Å²) >= 11 is 1.16. The zero-order valence-corrected chi connectivity index (χ0v) is 14.7. The monoisotopic (exact) mass is 363 g/mol. The Morgan fingerprint density at radius 3 is 2.50 bits per heavy atom. The molecule has 24 heavy (non-hydrogen) atoms. The lowest BCUT2D eigenvalue weighted by Gasteiger charge is -2.26. The molecule has 0 atom stereocenters. The summed E-state index contributed by atoms with van der Waals surface area (Å²) in [4.78, 5) is 14.7. The molecule has 1 N–H and O–H groups in total. The van der Waals surface area contributed by atoms with Crippen LogP contribution in [-0.4, -0.2) is 43.7 Å². The Morgan fingerprint density at radius 2 is 1.92 bits per heavy atom. The van der Waals surface area contributed by atoms with Gasteiger partial charge in [0, 0.05) is 19.3 Å². The van der Waals surface area contributed by atoms with Crippen LogP contribution in [-0.2, 0) is 9.84 Å². The third-order valence-corrected chi connectivity index (χ3v) is 6.13. The molecule has 3 rings (SSSR count). The zero-order valence-electron chi connectivity index (χ0n) is 13.1. The van der Waals surface area contributed by atoms with E-state index in [1.807, 2.05) is 18.2 Å². The molecule has 0 saturated carbocycles. The van der Waals surface area contributed by atoms with E-state index in [2.05, 4.69) is 0 Å². The number of carbonyl (C=O) groups is 1. The minimum atomic E-state index is -3.41. The van der Waals surface area contributed by atoms with Gasteiger partial charge in [0.1, 0.15) is 10.6 Å². The molecule has 1 aliphatic heterocycles. The average molecular weight is 363 g/mol. The normalized spacial score (nSPS) is 15.2. The average Bonchev–Trinajstić information content (AvgIpc) is 3.05. The second kappa shape index (κ2) is 6.41. The number of hydrogen-bond donors (Lipinski definition) is 1. The first-order chi connectivity index (χ1) is 11.4. The number of hydrogen-bond acceptors (Lipinski definition) is 5. The van der Waals surface area contributed by atoms with Gasteiger partial charge in [0.15, 0.2) is 9.84 Å². The van der Waals surface area contributed by atoms with E-state index in [1.165, 1.54) is 6.07 Å². The Balaban J connectivity index is 1.78. The van der Waals surface area contributed by atoms with Crippen LogP contribution in [0.5, 0.6) is 5.75 Å². The van der Waals surface area contributed by atoms with Crippen LogP contribution in [0.15, 0.2) is 46.7 Å². The molecule has 0 saturated heterocycles. The maximum Gasteiger partial charge on any atom is 0.265 e. The second-order valence-corrected chi connectivity index (χ2v) is 8.56. The highest BCUT2D eigenvalue weighted by molar-refractivity contribution is 7.91. The highest BCUT2D eigenvalue weighted by Crippen LogP contribution is 2.27. The molecule has 0 unspecified atom stereocenters. The van der Waals surface area contributed by atoms with Crippen molar-refractivity contribution < 1.29 is 18.3 Å². The number of nitrogens with zero attached hydrogens (tertiary/aromatic N) is 1. The molecule has 2 aromatic rings. The molecule has 1 aliphatic rings. The van der Waals surface area contributed by atoms with E-state index in [1.54, 1.807) is 22.4 Å². The topological polar surface area (TPSA) is 74.7 Å². The summed E-state index contributed by atoms with van der Waals surface area (Å²) < 4.78 is 23.5. The van der Waals surface area contributed by atoms with Gasteiger partial charge in [-0.25, -0.2) is 8.42 Å². The number of carbonyl (C=O) groups excluding carboxylic acids is 1. The van der Waals surface area contributed by atoms with Crippen molar-refractivity contribution in [2.45, 2.75) is 11.3 Å². The molecule has 7 heteroatoms. The van der Waals surface area contributed by atoms with Gasteiger partial charge in [-0.3, -0.25) is 4.79 Å². The van der Waals surface area contributed by atoms with Gasteiger partial charge in [0.05, 0.1) is 4.90 Å².